The number of alkyl halides is 3. The molecule has 1 aliphatic carbocycles. The molecule has 1 nitrogen and oxygen atoms in total. The van der Waals surface area contributed by atoms with Crippen LogP contribution in [0, 0.1) is 11.3 Å². The van der Waals surface area contributed by atoms with Crippen molar-refractivity contribution in [3.8, 4) is 0 Å². The molecule has 12 heavy (non-hydrogen) atoms. The topological polar surface area (TPSA) is 26.0 Å². The van der Waals surface area contributed by atoms with Crippen LogP contribution in [0.5, 0.6) is 0 Å². The van der Waals surface area contributed by atoms with E-state index in [-0.39, 0.29) is 23.8 Å². The van der Waals surface area contributed by atoms with Crippen LogP contribution in [0.2, 0.25) is 0 Å². The van der Waals surface area contributed by atoms with Crippen LogP contribution >= 0.6 is 0 Å². The first-order chi connectivity index (χ1) is 5.25. The second-order valence-corrected chi connectivity index (χ2v) is 4.11. The lowest BCUT2D eigenvalue weighted by Crippen LogP contribution is -2.09. The molecule has 2 N–H and O–H groups in total. The van der Waals surface area contributed by atoms with Crippen molar-refractivity contribution in [2.45, 2.75) is 38.9 Å². The van der Waals surface area contributed by atoms with E-state index in [0.29, 0.717) is 0 Å². The fourth-order valence-electron chi connectivity index (χ4n) is 1.66. The molecule has 0 aromatic rings. The van der Waals surface area contributed by atoms with Crippen LogP contribution in [0.25, 0.3) is 0 Å². The van der Waals surface area contributed by atoms with Crippen molar-refractivity contribution in [1.29, 1.82) is 0 Å². The summed E-state index contributed by atoms with van der Waals surface area (Å²) in [6.45, 7) is 3.83. The third kappa shape index (κ3) is 1.91. The maximum absolute atomic E-state index is 11.8. The zero-order valence-electron chi connectivity index (χ0n) is 7.28. The van der Waals surface area contributed by atoms with Gasteiger partial charge in [0.2, 0.25) is 0 Å². The van der Waals surface area contributed by atoms with E-state index in [1.165, 1.54) is 0 Å². The molecular weight excluding hydrogens is 167 g/mol. The summed E-state index contributed by atoms with van der Waals surface area (Å²) in [7, 11) is 0. The Morgan fingerprint density at radius 3 is 2.00 bits per heavy atom. The zero-order valence-corrected chi connectivity index (χ0v) is 7.28. The van der Waals surface area contributed by atoms with E-state index < -0.39 is 12.6 Å². The van der Waals surface area contributed by atoms with Gasteiger partial charge in [-0.3, -0.25) is 0 Å². The van der Waals surface area contributed by atoms with Crippen molar-refractivity contribution >= 4 is 0 Å². The summed E-state index contributed by atoms with van der Waals surface area (Å²) in [4.78, 5) is 0. The van der Waals surface area contributed by atoms with Crippen molar-refractivity contribution in [3.63, 3.8) is 0 Å². The Balaban J connectivity index is 2.28. The van der Waals surface area contributed by atoms with E-state index in [4.69, 9.17) is 5.73 Å². The molecule has 0 radical (unpaired) electrons. The van der Waals surface area contributed by atoms with Gasteiger partial charge in [-0.25, -0.2) is 0 Å². The molecule has 0 aromatic carbocycles. The Morgan fingerprint density at radius 1 is 1.33 bits per heavy atom. The normalized spacial score (nSPS) is 33.5. The van der Waals surface area contributed by atoms with Crippen molar-refractivity contribution in [3.05, 3.63) is 0 Å². The lowest BCUT2D eigenvalue weighted by atomic mass is 10.1. The van der Waals surface area contributed by atoms with Gasteiger partial charge < -0.3 is 5.73 Å². The highest BCUT2D eigenvalue weighted by Gasteiger charge is 2.55. The first-order valence-corrected chi connectivity index (χ1v) is 4.07. The Bertz CT molecular complexity index is 174. The third-order valence-corrected chi connectivity index (χ3v) is 2.88. The number of halogens is 3. The minimum absolute atomic E-state index is 0.0418. The smallest absolute Gasteiger partial charge is 0.327 e. The van der Waals surface area contributed by atoms with Crippen molar-refractivity contribution in [2.75, 3.05) is 0 Å². The van der Waals surface area contributed by atoms with Crippen LogP contribution in [0.1, 0.15) is 26.7 Å². The minimum Gasteiger partial charge on any atom is -0.327 e. The highest BCUT2D eigenvalue weighted by molar-refractivity contribution is 5.08. The van der Waals surface area contributed by atoms with Crippen molar-refractivity contribution in [2.24, 2.45) is 17.1 Å². The fourth-order valence-corrected chi connectivity index (χ4v) is 1.66. The molecule has 0 heterocycles. The van der Waals surface area contributed by atoms with Gasteiger partial charge in [0.1, 0.15) is 0 Å². The predicted octanol–water partition coefficient (Wildman–Crippen LogP) is 2.31. The summed E-state index contributed by atoms with van der Waals surface area (Å²) >= 11 is 0. The van der Waals surface area contributed by atoms with Gasteiger partial charge in [0.25, 0.3) is 0 Å². The van der Waals surface area contributed by atoms with Crippen LogP contribution in [0.3, 0.4) is 0 Å². The second-order valence-electron chi connectivity index (χ2n) is 4.11. The van der Waals surface area contributed by atoms with Gasteiger partial charge in [-0.15, -0.1) is 0 Å². The molecule has 0 bridgehead atoms. The average molecular weight is 181 g/mol. The highest BCUT2D eigenvalue weighted by atomic mass is 19.4. The van der Waals surface area contributed by atoms with E-state index in [1.807, 2.05) is 13.8 Å². The van der Waals surface area contributed by atoms with Gasteiger partial charge in [-0.05, 0) is 17.8 Å². The number of rotatable bonds is 2. The molecule has 1 saturated carbocycles. The molecule has 1 aliphatic rings. The lowest BCUT2D eigenvalue weighted by molar-refractivity contribution is -0.136. The van der Waals surface area contributed by atoms with E-state index in [1.54, 1.807) is 0 Å². The highest BCUT2D eigenvalue weighted by Crippen LogP contribution is 2.53. The SMILES string of the molecule is CC1(C)[C@H](N)[C@H]1CCC(F)(F)F. The molecule has 0 saturated heterocycles. The summed E-state index contributed by atoms with van der Waals surface area (Å²) in [5, 5.41) is 0. The lowest BCUT2D eigenvalue weighted by Gasteiger charge is -2.05. The number of nitrogens with two attached hydrogens (primary N) is 1. The van der Waals surface area contributed by atoms with Crippen LogP contribution in [0.4, 0.5) is 13.2 Å². The third-order valence-electron chi connectivity index (χ3n) is 2.88. The van der Waals surface area contributed by atoms with Crippen molar-refractivity contribution in [1.82, 2.24) is 0 Å². The van der Waals surface area contributed by atoms with Crippen molar-refractivity contribution < 1.29 is 13.2 Å². The predicted molar refractivity (Wildman–Crippen MR) is 40.5 cm³/mol. The quantitative estimate of drug-likeness (QED) is 0.695. The van der Waals surface area contributed by atoms with E-state index in [2.05, 4.69) is 0 Å². The molecule has 0 spiro atoms. The first kappa shape index (κ1) is 9.84. The first-order valence-electron chi connectivity index (χ1n) is 4.07. The average Bonchev–Trinajstić information content (AvgIpc) is 2.28. The largest absolute Gasteiger partial charge is 0.389 e. The molecular formula is C8H14F3N. The second kappa shape index (κ2) is 2.62. The summed E-state index contributed by atoms with van der Waals surface area (Å²) in [5.74, 6) is 0.0547. The van der Waals surface area contributed by atoms with E-state index in [9.17, 15) is 13.2 Å². The Kier molecular flexibility index (Phi) is 2.15. The van der Waals surface area contributed by atoms with Crippen LogP contribution in [-0.4, -0.2) is 12.2 Å². The molecule has 72 valence electrons. The van der Waals surface area contributed by atoms with Gasteiger partial charge in [0.05, 0.1) is 0 Å². The van der Waals surface area contributed by atoms with Gasteiger partial charge in [0, 0.05) is 12.5 Å². The number of hydrogen-bond donors (Lipinski definition) is 1. The molecule has 0 unspecified atom stereocenters. The van der Waals surface area contributed by atoms with Gasteiger partial charge >= 0.3 is 6.18 Å². The van der Waals surface area contributed by atoms with E-state index in [0.717, 1.165) is 0 Å². The molecule has 1 fully saturated rings. The van der Waals surface area contributed by atoms with E-state index >= 15 is 0 Å². The Morgan fingerprint density at radius 2 is 1.75 bits per heavy atom. The summed E-state index contributed by atoms with van der Waals surface area (Å²) < 4.78 is 35.3. The maximum atomic E-state index is 11.8. The minimum atomic E-state index is -4.03. The summed E-state index contributed by atoms with van der Waals surface area (Å²) in [6.07, 6.45) is -4.55. The molecule has 2 atom stereocenters. The molecule has 1 rings (SSSR count). The fraction of sp³-hybridized carbons (Fsp3) is 1.00. The van der Waals surface area contributed by atoms with Gasteiger partial charge in [-0.1, -0.05) is 13.8 Å². The standard InChI is InChI=1S/C8H14F3N/c1-7(2)5(6(7)12)3-4-8(9,10)11/h5-6H,3-4,12H2,1-2H3/t5-,6-/m1/s1. The zero-order chi connectivity index (χ0) is 9.57. The van der Waals surface area contributed by atoms with Gasteiger partial charge in [-0.2, -0.15) is 13.2 Å². The van der Waals surface area contributed by atoms with Crippen LogP contribution in [-0.2, 0) is 0 Å². The monoisotopic (exact) mass is 181 g/mol. The van der Waals surface area contributed by atoms with Gasteiger partial charge in [0.15, 0.2) is 0 Å². The Labute approximate surface area is 70.1 Å². The molecule has 0 aliphatic heterocycles. The summed E-state index contributed by atoms with van der Waals surface area (Å²) in [5.41, 5.74) is 5.53. The molecule has 0 aromatic heterocycles. The molecule has 0 amide bonds. The van der Waals surface area contributed by atoms with Crippen LogP contribution < -0.4 is 5.73 Å². The van der Waals surface area contributed by atoms with Crippen LogP contribution in [0.15, 0.2) is 0 Å². The number of hydrogen-bond acceptors (Lipinski definition) is 1. The maximum Gasteiger partial charge on any atom is 0.389 e. The Hall–Kier alpha value is -0.250. The molecule has 4 heteroatoms. The summed E-state index contributed by atoms with van der Waals surface area (Å²) in [6, 6.07) is -0.0418.